The Morgan fingerprint density at radius 2 is 2.18 bits per heavy atom. The fourth-order valence-electron chi connectivity index (χ4n) is 2.23. The summed E-state index contributed by atoms with van der Waals surface area (Å²) in [6, 6.07) is 2.09. The normalized spacial score (nSPS) is 17.0. The maximum atomic E-state index is 6.05. The van der Waals surface area contributed by atoms with E-state index in [9.17, 15) is 0 Å². The largest absolute Gasteiger partial charge is 0.380 e. The maximum Gasteiger partial charge on any atom is 0.133 e. The van der Waals surface area contributed by atoms with Crippen LogP contribution in [-0.4, -0.2) is 31.3 Å². The van der Waals surface area contributed by atoms with E-state index in [-0.39, 0.29) is 0 Å². The minimum absolute atomic E-state index is 0.520. The van der Waals surface area contributed by atoms with Crippen molar-refractivity contribution in [2.75, 3.05) is 31.2 Å². The number of nitrogens with zero attached hydrogens (tertiary/aromatic N) is 2. The Hall–Kier alpha value is -0.800. The first-order valence-corrected chi connectivity index (χ1v) is 6.61. The second-order valence-electron chi connectivity index (χ2n) is 4.47. The summed E-state index contributed by atoms with van der Waals surface area (Å²) in [5, 5.41) is 0. The molecule has 17 heavy (non-hydrogen) atoms. The van der Waals surface area contributed by atoms with Crippen LogP contribution in [0.3, 0.4) is 0 Å². The van der Waals surface area contributed by atoms with Crippen LogP contribution in [0.4, 0.5) is 5.82 Å². The Labute approximate surface area is 108 Å². The first-order valence-electron chi connectivity index (χ1n) is 6.08. The van der Waals surface area contributed by atoms with Crippen LogP contribution in [-0.2, 0) is 10.6 Å². The fraction of sp³-hybridized carbons (Fsp3) is 0.615. The number of rotatable bonds is 2. The Bertz CT molecular complexity index is 387. The van der Waals surface area contributed by atoms with Crippen LogP contribution in [0.5, 0.6) is 0 Å². The van der Waals surface area contributed by atoms with E-state index in [1.54, 1.807) is 0 Å². The van der Waals surface area contributed by atoms with Gasteiger partial charge in [0, 0.05) is 31.0 Å². The van der Waals surface area contributed by atoms with E-state index >= 15 is 0 Å². The van der Waals surface area contributed by atoms with E-state index in [1.165, 1.54) is 5.56 Å². The molecule has 1 aromatic heterocycles. The standard InChI is InChI=1S/C13H19ClN2O/c1-10-8-11(2)15-13(12(10)9-14)16-4-3-6-17-7-5-16/h8H,3-7,9H2,1-2H3. The number of halogens is 1. The Morgan fingerprint density at radius 1 is 1.35 bits per heavy atom. The predicted octanol–water partition coefficient (Wildman–Crippen LogP) is 2.66. The second-order valence-corrected chi connectivity index (χ2v) is 4.74. The van der Waals surface area contributed by atoms with Gasteiger partial charge in [-0.3, -0.25) is 0 Å². The molecule has 0 atom stereocenters. The van der Waals surface area contributed by atoms with Crippen molar-refractivity contribution in [3.8, 4) is 0 Å². The molecule has 0 unspecified atom stereocenters. The molecule has 0 aliphatic carbocycles. The molecule has 2 heterocycles. The van der Waals surface area contributed by atoms with E-state index in [4.69, 9.17) is 16.3 Å². The van der Waals surface area contributed by atoms with E-state index in [0.717, 1.165) is 49.8 Å². The van der Waals surface area contributed by atoms with Crippen molar-refractivity contribution in [3.05, 3.63) is 22.9 Å². The van der Waals surface area contributed by atoms with Gasteiger partial charge in [-0.2, -0.15) is 0 Å². The summed E-state index contributed by atoms with van der Waals surface area (Å²) in [6.45, 7) is 7.65. The average molecular weight is 255 g/mol. The number of alkyl halides is 1. The van der Waals surface area contributed by atoms with Crippen LogP contribution in [0.1, 0.15) is 23.2 Å². The Morgan fingerprint density at radius 3 is 2.94 bits per heavy atom. The lowest BCUT2D eigenvalue weighted by Gasteiger charge is -2.24. The van der Waals surface area contributed by atoms with Gasteiger partial charge in [0.2, 0.25) is 0 Å². The third kappa shape index (κ3) is 2.90. The number of hydrogen-bond acceptors (Lipinski definition) is 3. The van der Waals surface area contributed by atoms with Gasteiger partial charge in [0.15, 0.2) is 0 Å². The minimum atomic E-state index is 0.520. The van der Waals surface area contributed by atoms with Gasteiger partial charge in [0.1, 0.15) is 5.82 Å². The molecule has 1 aliphatic heterocycles. The van der Waals surface area contributed by atoms with Crippen LogP contribution in [0.2, 0.25) is 0 Å². The van der Waals surface area contributed by atoms with Crippen molar-refractivity contribution in [2.24, 2.45) is 0 Å². The SMILES string of the molecule is Cc1cc(C)c(CCl)c(N2CCCOCC2)n1. The minimum Gasteiger partial charge on any atom is -0.380 e. The molecule has 1 aromatic rings. The fourth-order valence-corrected chi connectivity index (χ4v) is 2.56. The zero-order valence-corrected chi connectivity index (χ0v) is 11.3. The molecule has 0 amide bonds. The van der Waals surface area contributed by atoms with Crippen molar-refractivity contribution in [3.63, 3.8) is 0 Å². The quantitative estimate of drug-likeness (QED) is 0.759. The first kappa shape index (κ1) is 12.7. The molecule has 4 heteroatoms. The molecule has 2 rings (SSSR count). The van der Waals surface area contributed by atoms with Crippen LogP contribution in [0.15, 0.2) is 6.07 Å². The van der Waals surface area contributed by atoms with Crippen LogP contribution in [0.25, 0.3) is 0 Å². The van der Waals surface area contributed by atoms with Crippen molar-refractivity contribution in [2.45, 2.75) is 26.1 Å². The topological polar surface area (TPSA) is 25.4 Å². The molecule has 1 saturated heterocycles. The lowest BCUT2D eigenvalue weighted by Crippen LogP contribution is -2.28. The molecule has 94 valence electrons. The number of hydrogen-bond donors (Lipinski definition) is 0. The van der Waals surface area contributed by atoms with Crippen LogP contribution >= 0.6 is 11.6 Å². The van der Waals surface area contributed by atoms with Gasteiger partial charge in [-0.15, -0.1) is 11.6 Å². The molecule has 1 fully saturated rings. The van der Waals surface area contributed by atoms with Crippen molar-refractivity contribution >= 4 is 17.4 Å². The summed E-state index contributed by atoms with van der Waals surface area (Å²) in [5.41, 5.74) is 3.43. The van der Waals surface area contributed by atoms with Crippen molar-refractivity contribution in [1.82, 2.24) is 4.98 Å². The summed E-state index contributed by atoms with van der Waals surface area (Å²) in [4.78, 5) is 6.95. The molecule has 0 radical (unpaired) electrons. The van der Waals surface area contributed by atoms with E-state index in [0.29, 0.717) is 5.88 Å². The average Bonchev–Trinajstić information content (AvgIpc) is 2.56. The number of aryl methyl sites for hydroxylation is 2. The molecule has 3 nitrogen and oxygen atoms in total. The predicted molar refractivity (Wildman–Crippen MR) is 70.9 cm³/mol. The lowest BCUT2D eigenvalue weighted by atomic mass is 10.1. The van der Waals surface area contributed by atoms with E-state index in [2.05, 4.69) is 22.9 Å². The molecule has 1 aliphatic rings. The van der Waals surface area contributed by atoms with Gasteiger partial charge in [-0.1, -0.05) is 0 Å². The van der Waals surface area contributed by atoms with Gasteiger partial charge in [-0.25, -0.2) is 4.98 Å². The molecule has 0 saturated carbocycles. The van der Waals surface area contributed by atoms with Gasteiger partial charge in [0.05, 0.1) is 12.5 Å². The molecule has 0 aromatic carbocycles. The highest BCUT2D eigenvalue weighted by Crippen LogP contribution is 2.25. The second kappa shape index (κ2) is 5.69. The monoisotopic (exact) mass is 254 g/mol. The lowest BCUT2D eigenvalue weighted by molar-refractivity contribution is 0.152. The Balaban J connectivity index is 2.34. The summed E-state index contributed by atoms with van der Waals surface area (Å²) in [5.74, 6) is 1.56. The third-order valence-electron chi connectivity index (χ3n) is 3.11. The summed E-state index contributed by atoms with van der Waals surface area (Å²) in [6.07, 6.45) is 1.05. The molecular weight excluding hydrogens is 236 g/mol. The first-order chi connectivity index (χ1) is 8.22. The number of anilines is 1. The smallest absolute Gasteiger partial charge is 0.133 e. The number of ether oxygens (including phenoxy) is 1. The highest BCUT2D eigenvalue weighted by atomic mass is 35.5. The van der Waals surface area contributed by atoms with E-state index in [1.807, 2.05) is 6.92 Å². The summed E-state index contributed by atoms with van der Waals surface area (Å²) < 4.78 is 5.48. The van der Waals surface area contributed by atoms with Crippen molar-refractivity contribution in [1.29, 1.82) is 0 Å². The van der Waals surface area contributed by atoms with Gasteiger partial charge in [-0.05, 0) is 31.9 Å². The highest BCUT2D eigenvalue weighted by molar-refractivity contribution is 6.17. The summed E-state index contributed by atoms with van der Waals surface area (Å²) >= 11 is 6.05. The zero-order chi connectivity index (χ0) is 12.3. The number of aromatic nitrogens is 1. The molecule has 0 N–H and O–H groups in total. The van der Waals surface area contributed by atoms with Crippen LogP contribution < -0.4 is 4.90 Å². The number of pyridine rings is 1. The molecule has 0 bridgehead atoms. The van der Waals surface area contributed by atoms with Gasteiger partial charge in [0.25, 0.3) is 0 Å². The van der Waals surface area contributed by atoms with Gasteiger partial charge < -0.3 is 9.64 Å². The van der Waals surface area contributed by atoms with E-state index < -0.39 is 0 Å². The highest BCUT2D eigenvalue weighted by Gasteiger charge is 2.16. The third-order valence-corrected chi connectivity index (χ3v) is 3.38. The van der Waals surface area contributed by atoms with Crippen LogP contribution in [0, 0.1) is 13.8 Å². The maximum absolute atomic E-state index is 6.05. The van der Waals surface area contributed by atoms with Crippen molar-refractivity contribution < 1.29 is 4.74 Å². The zero-order valence-electron chi connectivity index (χ0n) is 10.5. The molecular formula is C13H19ClN2O. The summed E-state index contributed by atoms with van der Waals surface area (Å²) in [7, 11) is 0. The Kier molecular flexibility index (Phi) is 4.24. The molecule has 0 spiro atoms. The van der Waals surface area contributed by atoms with Gasteiger partial charge >= 0.3 is 0 Å².